The van der Waals surface area contributed by atoms with Crippen LogP contribution in [0.1, 0.15) is 24.8 Å². The minimum Gasteiger partial charge on any atom is -0.363 e. The SMILES string of the molecule is CC12CCNCC1c1cc(-c3c(F)cccc3F)cc3c1N2CCS3. The second kappa shape index (κ2) is 5.45. The van der Waals surface area contributed by atoms with Gasteiger partial charge in [0.25, 0.3) is 0 Å². The molecule has 0 aromatic heterocycles. The summed E-state index contributed by atoms with van der Waals surface area (Å²) in [7, 11) is 0. The maximum absolute atomic E-state index is 14.4. The van der Waals surface area contributed by atoms with Crippen LogP contribution in [0.3, 0.4) is 0 Å². The van der Waals surface area contributed by atoms with Crippen molar-refractivity contribution in [3.8, 4) is 11.1 Å². The summed E-state index contributed by atoms with van der Waals surface area (Å²) in [6.07, 6.45) is 1.10. The van der Waals surface area contributed by atoms with Gasteiger partial charge in [-0.05, 0) is 55.3 Å². The summed E-state index contributed by atoms with van der Waals surface area (Å²) < 4.78 is 28.7. The number of nitrogens with one attached hydrogen (secondary N) is 1. The van der Waals surface area contributed by atoms with Crippen LogP contribution in [0.2, 0.25) is 0 Å². The van der Waals surface area contributed by atoms with E-state index in [0.29, 0.717) is 11.5 Å². The summed E-state index contributed by atoms with van der Waals surface area (Å²) >= 11 is 1.80. The normalized spacial score (nSPS) is 27.2. The average molecular weight is 358 g/mol. The van der Waals surface area contributed by atoms with Crippen LogP contribution in [0.5, 0.6) is 0 Å². The first kappa shape index (κ1) is 15.6. The van der Waals surface area contributed by atoms with Crippen LogP contribution in [-0.4, -0.2) is 30.9 Å². The Morgan fingerprint density at radius 3 is 2.84 bits per heavy atom. The van der Waals surface area contributed by atoms with Crippen molar-refractivity contribution in [3.63, 3.8) is 0 Å². The van der Waals surface area contributed by atoms with E-state index in [9.17, 15) is 8.78 Å². The lowest BCUT2D eigenvalue weighted by Gasteiger charge is -2.45. The van der Waals surface area contributed by atoms with Crippen molar-refractivity contribution in [2.45, 2.75) is 29.7 Å². The van der Waals surface area contributed by atoms with Gasteiger partial charge in [0.2, 0.25) is 0 Å². The topological polar surface area (TPSA) is 15.3 Å². The van der Waals surface area contributed by atoms with Crippen molar-refractivity contribution in [1.29, 1.82) is 0 Å². The molecule has 3 aliphatic rings. The highest BCUT2D eigenvalue weighted by Crippen LogP contribution is 2.56. The summed E-state index contributed by atoms with van der Waals surface area (Å²) in [4.78, 5) is 3.72. The van der Waals surface area contributed by atoms with Crippen LogP contribution >= 0.6 is 11.8 Å². The van der Waals surface area contributed by atoms with Crippen molar-refractivity contribution in [3.05, 3.63) is 47.5 Å². The van der Waals surface area contributed by atoms with Gasteiger partial charge in [-0.25, -0.2) is 8.78 Å². The molecule has 2 unspecified atom stereocenters. The number of piperidine rings is 1. The van der Waals surface area contributed by atoms with Gasteiger partial charge < -0.3 is 10.2 Å². The van der Waals surface area contributed by atoms with Crippen molar-refractivity contribution >= 4 is 17.4 Å². The molecule has 1 saturated heterocycles. The molecule has 2 aromatic rings. The molecule has 130 valence electrons. The second-order valence-corrected chi connectivity index (χ2v) is 8.51. The van der Waals surface area contributed by atoms with Crippen molar-refractivity contribution in [2.24, 2.45) is 0 Å². The minimum atomic E-state index is -0.493. The van der Waals surface area contributed by atoms with Crippen molar-refractivity contribution in [2.75, 3.05) is 30.3 Å². The zero-order valence-electron chi connectivity index (χ0n) is 14.1. The van der Waals surface area contributed by atoms with E-state index in [1.54, 1.807) is 11.8 Å². The Kier molecular flexibility index (Phi) is 3.41. The Balaban J connectivity index is 1.74. The highest BCUT2D eigenvalue weighted by atomic mass is 32.2. The number of anilines is 1. The van der Waals surface area contributed by atoms with Gasteiger partial charge in [0.1, 0.15) is 11.6 Å². The number of thioether (sulfide) groups is 1. The number of halogens is 2. The predicted molar refractivity (Wildman–Crippen MR) is 98.5 cm³/mol. The van der Waals surface area contributed by atoms with E-state index < -0.39 is 11.6 Å². The average Bonchev–Trinajstić information content (AvgIpc) is 2.86. The Bertz CT molecular complexity index is 849. The highest BCUT2D eigenvalue weighted by molar-refractivity contribution is 7.99. The van der Waals surface area contributed by atoms with E-state index in [2.05, 4.69) is 17.1 Å². The lowest BCUT2D eigenvalue weighted by molar-refractivity contribution is 0.291. The number of nitrogens with zero attached hydrogens (tertiary/aromatic N) is 1. The number of rotatable bonds is 1. The van der Waals surface area contributed by atoms with E-state index in [-0.39, 0.29) is 11.1 Å². The first-order chi connectivity index (χ1) is 12.1. The zero-order valence-corrected chi connectivity index (χ0v) is 14.9. The largest absolute Gasteiger partial charge is 0.363 e. The number of hydrogen-bond acceptors (Lipinski definition) is 3. The van der Waals surface area contributed by atoms with E-state index in [1.807, 2.05) is 12.1 Å². The smallest absolute Gasteiger partial charge is 0.133 e. The number of benzene rings is 2. The molecule has 3 aliphatic heterocycles. The van der Waals surface area contributed by atoms with Gasteiger partial charge in [-0.1, -0.05) is 6.07 Å². The molecule has 3 heterocycles. The van der Waals surface area contributed by atoms with Gasteiger partial charge in [-0.3, -0.25) is 0 Å². The molecule has 2 aromatic carbocycles. The first-order valence-electron chi connectivity index (χ1n) is 8.83. The summed E-state index contributed by atoms with van der Waals surface area (Å²) in [5.41, 5.74) is 3.41. The lowest BCUT2D eigenvalue weighted by atomic mass is 9.78. The third kappa shape index (κ3) is 2.12. The molecule has 1 fully saturated rings. The second-order valence-electron chi connectivity index (χ2n) is 7.37. The fraction of sp³-hybridized carbons (Fsp3) is 0.400. The van der Waals surface area contributed by atoms with Gasteiger partial charge in [0, 0.05) is 35.2 Å². The Morgan fingerprint density at radius 1 is 1.24 bits per heavy atom. The minimum absolute atomic E-state index is 0.0941. The molecule has 0 amide bonds. The van der Waals surface area contributed by atoms with Gasteiger partial charge in [-0.2, -0.15) is 0 Å². The van der Waals surface area contributed by atoms with Crippen molar-refractivity contribution < 1.29 is 8.78 Å². The Morgan fingerprint density at radius 2 is 2.04 bits per heavy atom. The lowest BCUT2D eigenvalue weighted by Crippen LogP contribution is -2.54. The van der Waals surface area contributed by atoms with Crippen LogP contribution in [0.4, 0.5) is 14.5 Å². The first-order valence-corrected chi connectivity index (χ1v) is 9.81. The third-order valence-electron chi connectivity index (χ3n) is 6.10. The highest BCUT2D eigenvalue weighted by Gasteiger charge is 2.51. The van der Waals surface area contributed by atoms with Gasteiger partial charge in [-0.15, -0.1) is 11.8 Å². The molecule has 2 atom stereocenters. The van der Waals surface area contributed by atoms with Crippen LogP contribution < -0.4 is 10.2 Å². The molecule has 5 rings (SSSR count). The monoisotopic (exact) mass is 358 g/mol. The van der Waals surface area contributed by atoms with E-state index >= 15 is 0 Å². The van der Waals surface area contributed by atoms with Crippen molar-refractivity contribution in [1.82, 2.24) is 5.32 Å². The van der Waals surface area contributed by atoms with Gasteiger partial charge >= 0.3 is 0 Å². The van der Waals surface area contributed by atoms with Gasteiger partial charge in [0.05, 0.1) is 11.3 Å². The van der Waals surface area contributed by atoms with E-state index in [0.717, 1.165) is 36.7 Å². The molecule has 0 saturated carbocycles. The summed E-state index contributed by atoms with van der Waals surface area (Å²) in [5, 5.41) is 3.51. The molecule has 0 spiro atoms. The van der Waals surface area contributed by atoms with Gasteiger partial charge in [0.15, 0.2) is 0 Å². The quantitative estimate of drug-likeness (QED) is 0.814. The fourth-order valence-corrected chi connectivity index (χ4v) is 5.90. The zero-order chi connectivity index (χ0) is 17.2. The molecule has 0 bridgehead atoms. The summed E-state index contributed by atoms with van der Waals surface area (Å²) in [6, 6.07) is 8.10. The number of fused-ring (bicyclic) bond motifs is 3. The van der Waals surface area contributed by atoms with Crippen LogP contribution in [0.25, 0.3) is 11.1 Å². The van der Waals surface area contributed by atoms with E-state index in [4.69, 9.17) is 0 Å². The maximum Gasteiger partial charge on any atom is 0.133 e. The Hall–Kier alpha value is -1.59. The van der Waals surface area contributed by atoms with Crippen LogP contribution in [0.15, 0.2) is 35.2 Å². The summed E-state index contributed by atoms with van der Waals surface area (Å²) in [6.45, 7) is 5.34. The molecule has 5 heteroatoms. The predicted octanol–water partition coefficient (Wildman–Crippen LogP) is 4.39. The Labute approximate surface area is 150 Å². The molecule has 25 heavy (non-hydrogen) atoms. The molecule has 0 aliphatic carbocycles. The summed E-state index contributed by atoms with van der Waals surface area (Å²) in [5.74, 6) is 0.397. The fourth-order valence-electron chi connectivity index (χ4n) is 4.83. The molecular formula is C20H20F2N2S. The number of hydrogen-bond donors (Lipinski definition) is 1. The maximum atomic E-state index is 14.4. The van der Waals surface area contributed by atoms with Crippen LogP contribution in [0, 0.1) is 11.6 Å². The molecule has 1 N–H and O–H groups in total. The third-order valence-corrected chi connectivity index (χ3v) is 7.11. The molecule has 0 radical (unpaired) electrons. The standard InChI is InChI=1S/C20H20F2N2S/c1-20-5-6-23-11-14(20)13-9-12(18-15(21)3-2-4-16(18)22)10-17-19(13)24(20)7-8-25-17/h2-4,9-10,14,23H,5-8,11H2,1H3. The van der Waals surface area contributed by atoms with Crippen LogP contribution in [-0.2, 0) is 0 Å². The molecular weight excluding hydrogens is 338 g/mol. The van der Waals surface area contributed by atoms with E-state index in [1.165, 1.54) is 29.4 Å². The molecule has 2 nitrogen and oxygen atoms in total.